The van der Waals surface area contributed by atoms with Crippen LogP contribution >= 0.6 is 0 Å². The van der Waals surface area contributed by atoms with E-state index in [-0.39, 0.29) is 37.7 Å². The van der Waals surface area contributed by atoms with E-state index >= 15 is 0 Å². The molecular weight excluding hydrogens is 544 g/mol. The van der Waals surface area contributed by atoms with Gasteiger partial charge in [0.2, 0.25) is 10.0 Å². The highest BCUT2D eigenvalue weighted by molar-refractivity contribution is 7.88. The van der Waals surface area contributed by atoms with Gasteiger partial charge in [-0.3, -0.25) is 4.79 Å². The number of anilines is 2. The number of amides is 1. The maximum absolute atomic E-state index is 13.9. The lowest BCUT2D eigenvalue weighted by Gasteiger charge is -2.28. The molecule has 1 aromatic carbocycles. The van der Waals surface area contributed by atoms with Gasteiger partial charge in [0.15, 0.2) is 5.65 Å². The Morgan fingerprint density at radius 2 is 1.88 bits per heavy atom. The summed E-state index contributed by atoms with van der Waals surface area (Å²) in [5.74, 6) is 1.80. The Morgan fingerprint density at radius 1 is 1.10 bits per heavy atom. The van der Waals surface area contributed by atoms with E-state index in [1.165, 1.54) is 10.6 Å². The average molecular weight is 585 g/mol. The minimum atomic E-state index is -3.51. The van der Waals surface area contributed by atoms with E-state index < -0.39 is 10.0 Å². The van der Waals surface area contributed by atoms with Gasteiger partial charge in [0.1, 0.15) is 24.0 Å². The number of ether oxygens (including phenoxy) is 1. The van der Waals surface area contributed by atoms with Crippen LogP contribution in [0.2, 0.25) is 0 Å². The van der Waals surface area contributed by atoms with Crippen molar-refractivity contribution in [1.82, 2.24) is 23.8 Å². The molecule has 2 aliphatic heterocycles. The number of aromatic nitrogens is 3. The zero-order valence-electron chi connectivity index (χ0n) is 24.4. The number of carbonyl (C=O) groups excluding carboxylic acids is 1. The highest BCUT2D eigenvalue weighted by atomic mass is 32.2. The number of rotatable bonds is 3. The first-order chi connectivity index (χ1) is 19.5. The molecule has 5 rings (SSSR count). The van der Waals surface area contributed by atoms with E-state index in [2.05, 4.69) is 4.90 Å². The largest absolute Gasteiger partial charge is 0.491 e. The number of carbonyl (C=O) groups is 1. The van der Waals surface area contributed by atoms with Crippen molar-refractivity contribution in [2.24, 2.45) is 5.73 Å². The first-order valence-electron chi connectivity index (χ1n) is 14.0. The van der Waals surface area contributed by atoms with Crippen LogP contribution in [0.3, 0.4) is 0 Å². The summed E-state index contributed by atoms with van der Waals surface area (Å²) in [7, 11) is 0.185. The van der Waals surface area contributed by atoms with Crippen LogP contribution in [0.1, 0.15) is 47.4 Å². The van der Waals surface area contributed by atoms with E-state index in [4.69, 9.17) is 20.6 Å². The summed E-state index contributed by atoms with van der Waals surface area (Å²) in [6.45, 7) is 6.41. The highest BCUT2D eigenvalue weighted by Gasteiger charge is 2.29. The van der Waals surface area contributed by atoms with Gasteiger partial charge in [-0.15, -0.1) is 0 Å². The number of nitrogens with zero attached hydrogens (tertiary/aromatic N) is 7. The molecule has 2 aromatic heterocycles. The minimum Gasteiger partial charge on any atom is -0.491 e. The average Bonchev–Trinajstić information content (AvgIpc) is 3.55. The number of sulfonamides is 1. The second-order valence-corrected chi connectivity index (χ2v) is 13.1. The third kappa shape index (κ3) is 5.97. The Morgan fingerprint density at radius 3 is 2.56 bits per heavy atom. The molecule has 2 atom stereocenters. The number of benzene rings is 1. The number of aryl methyl sites for hydroxylation is 1. The molecule has 4 heterocycles. The fourth-order valence-corrected chi connectivity index (χ4v) is 6.40. The molecule has 2 bridgehead atoms. The van der Waals surface area contributed by atoms with E-state index in [9.17, 15) is 13.2 Å². The lowest BCUT2D eigenvalue weighted by Crippen LogP contribution is -2.40. The smallest absolute Gasteiger partial charge is 0.257 e. The third-order valence-corrected chi connectivity index (χ3v) is 9.29. The zero-order chi connectivity index (χ0) is 29.5. The number of nitrogens with two attached hydrogens (primary N) is 1. The summed E-state index contributed by atoms with van der Waals surface area (Å²) in [6, 6.07) is 9.16. The molecule has 1 fully saturated rings. The van der Waals surface area contributed by atoms with Crippen LogP contribution in [-0.4, -0.2) is 104 Å². The standard InChI is InChI=1S/C28H40N8O4S/c1-6-23-22-16-26-30-25(34-10-9-20(29)18-34)17-27(36(26)31-22)32(3)11-12-35(41(5,38)39)13-14-40-24-8-7-19(2)15-21(24)28(37)33(23)4/h7-8,15-17,20,23H,6,9-14,18,29H2,1-5H3/t20-,23?/m0/s1. The SMILES string of the molecule is CCC1c2cc3nc(N4CC[C@H](N)C4)cc(n3n2)N(C)CCN(S(C)(=O)=O)CCOc2ccc(C)cc2C(=O)N1C. The fourth-order valence-electron chi connectivity index (χ4n) is 5.58. The zero-order valence-corrected chi connectivity index (χ0v) is 25.3. The van der Waals surface area contributed by atoms with E-state index in [0.717, 1.165) is 35.9 Å². The maximum atomic E-state index is 13.9. The molecule has 0 radical (unpaired) electrons. The van der Waals surface area contributed by atoms with Gasteiger partial charge in [0, 0.05) is 65.0 Å². The van der Waals surface area contributed by atoms with Gasteiger partial charge in [0.25, 0.3) is 5.91 Å². The van der Waals surface area contributed by atoms with Crippen LogP contribution in [0.5, 0.6) is 5.75 Å². The number of hydrogen-bond donors (Lipinski definition) is 1. The number of fused-ring (bicyclic) bond motifs is 2. The van der Waals surface area contributed by atoms with Crippen molar-refractivity contribution in [3.05, 3.63) is 47.2 Å². The molecular formula is C28H40N8O4S. The normalized spacial score (nSPS) is 21.5. The Hall–Kier alpha value is -3.42. The Bertz CT molecular complexity index is 1540. The van der Waals surface area contributed by atoms with Crippen molar-refractivity contribution in [2.45, 2.75) is 38.8 Å². The van der Waals surface area contributed by atoms with Crippen LogP contribution in [0, 0.1) is 6.92 Å². The molecule has 41 heavy (non-hydrogen) atoms. The van der Waals surface area contributed by atoms with Gasteiger partial charge in [-0.05, 0) is 31.9 Å². The second kappa shape index (κ2) is 11.5. The molecule has 222 valence electrons. The molecule has 1 unspecified atom stereocenters. The third-order valence-electron chi connectivity index (χ3n) is 7.99. The van der Waals surface area contributed by atoms with Crippen molar-refractivity contribution in [3.63, 3.8) is 0 Å². The highest BCUT2D eigenvalue weighted by Crippen LogP contribution is 2.31. The van der Waals surface area contributed by atoms with Crippen LogP contribution in [0.15, 0.2) is 30.3 Å². The van der Waals surface area contributed by atoms with Gasteiger partial charge in [-0.1, -0.05) is 18.6 Å². The van der Waals surface area contributed by atoms with Crippen molar-refractivity contribution < 1.29 is 17.9 Å². The summed E-state index contributed by atoms with van der Waals surface area (Å²) >= 11 is 0. The molecule has 1 amide bonds. The van der Waals surface area contributed by atoms with Crippen LogP contribution in [0.4, 0.5) is 11.6 Å². The summed E-state index contributed by atoms with van der Waals surface area (Å²) < 4.78 is 34.6. The van der Waals surface area contributed by atoms with Gasteiger partial charge >= 0.3 is 0 Å². The molecule has 0 saturated carbocycles. The Balaban J connectivity index is 1.64. The molecule has 2 N–H and O–H groups in total. The lowest BCUT2D eigenvalue weighted by atomic mass is 10.1. The first kappa shape index (κ1) is 29.1. The van der Waals surface area contributed by atoms with Gasteiger partial charge in [-0.25, -0.2) is 13.4 Å². The van der Waals surface area contributed by atoms with Gasteiger partial charge in [-0.2, -0.15) is 13.9 Å². The van der Waals surface area contributed by atoms with Crippen molar-refractivity contribution in [3.8, 4) is 5.75 Å². The van der Waals surface area contributed by atoms with Crippen molar-refractivity contribution >= 4 is 33.2 Å². The van der Waals surface area contributed by atoms with Crippen LogP contribution in [-0.2, 0) is 10.0 Å². The predicted molar refractivity (Wildman–Crippen MR) is 159 cm³/mol. The fraction of sp³-hybridized carbons (Fsp3) is 0.536. The Labute approximate surface area is 241 Å². The molecule has 0 aliphatic carbocycles. The minimum absolute atomic E-state index is 0.0883. The lowest BCUT2D eigenvalue weighted by molar-refractivity contribution is 0.0717. The van der Waals surface area contributed by atoms with Crippen molar-refractivity contribution in [1.29, 1.82) is 0 Å². The Kier molecular flexibility index (Phi) is 8.13. The quantitative estimate of drug-likeness (QED) is 0.491. The molecule has 13 heteroatoms. The maximum Gasteiger partial charge on any atom is 0.257 e. The van der Waals surface area contributed by atoms with Crippen molar-refractivity contribution in [2.75, 3.05) is 69.5 Å². The summed E-state index contributed by atoms with van der Waals surface area (Å²) in [4.78, 5) is 24.7. The summed E-state index contributed by atoms with van der Waals surface area (Å²) in [6.07, 6.45) is 2.74. The summed E-state index contributed by atoms with van der Waals surface area (Å²) in [5.41, 5.74) is 8.93. The summed E-state index contributed by atoms with van der Waals surface area (Å²) in [5, 5.41) is 4.95. The molecule has 1 saturated heterocycles. The van der Waals surface area contributed by atoms with Gasteiger partial charge in [0.05, 0.1) is 23.6 Å². The monoisotopic (exact) mass is 584 g/mol. The molecule has 0 spiro atoms. The number of likely N-dealkylation sites (N-methyl/N-ethyl adjacent to an activating group) is 1. The topological polar surface area (TPSA) is 130 Å². The second-order valence-electron chi connectivity index (χ2n) is 11.1. The van der Waals surface area contributed by atoms with Crippen LogP contribution < -0.4 is 20.3 Å². The van der Waals surface area contributed by atoms with Gasteiger partial charge < -0.3 is 25.2 Å². The van der Waals surface area contributed by atoms with E-state index in [1.54, 1.807) is 22.5 Å². The first-order valence-corrected chi connectivity index (χ1v) is 15.9. The molecule has 12 nitrogen and oxygen atoms in total. The number of hydrogen-bond acceptors (Lipinski definition) is 9. The predicted octanol–water partition coefficient (Wildman–Crippen LogP) is 1.89. The molecule has 2 aliphatic rings. The van der Waals surface area contributed by atoms with E-state index in [1.807, 2.05) is 50.1 Å². The van der Waals surface area contributed by atoms with E-state index in [0.29, 0.717) is 36.5 Å². The van der Waals surface area contributed by atoms with Crippen LogP contribution in [0.25, 0.3) is 5.65 Å². The molecule has 3 aromatic rings.